The fourth-order valence-electron chi connectivity index (χ4n) is 6.03. The number of alkyl carbamates (subject to hydrolysis) is 1. The third-order valence-electron chi connectivity index (χ3n) is 8.92. The highest BCUT2D eigenvalue weighted by Crippen LogP contribution is 2.45. The van der Waals surface area contributed by atoms with Crippen molar-refractivity contribution in [3.05, 3.63) is 43.1 Å². The first-order valence-corrected chi connectivity index (χ1v) is 17.9. The van der Waals surface area contributed by atoms with Crippen LogP contribution >= 0.6 is 0 Å². The summed E-state index contributed by atoms with van der Waals surface area (Å²) in [6.45, 7) is 12.3. The van der Waals surface area contributed by atoms with Crippen LogP contribution in [0.5, 0.6) is 11.6 Å². The maximum absolute atomic E-state index is 14.2. The predicted molar refractivity (Wildman–Crippen MR) is 180 cm³/mol. The predicted octanol–water partition coefficient (Wildman–Crippen LogP) is 2.81. The number of hydrogen-bond donors (Lipinski definition) is 3. The number of rotatable bonds is 12. The van der Waals surface area contributed by atoms with Gasteiger partial charge in [-0.05, 0) is 75.6 Å². The zero-order valence-electron chi connectivity index (χ0n) is 28.6. The molecule has 49 heavy (non-hydrogen) atoms. The maximum atomic E-state index is 14.2. The zero-order chi connectivity index (χ0) is 35.9. The summed E-state index contributed by atoms with van der Waals surface area (Å²) in [5.41, 5.74) is -2.36. The van der Waals surface area contributed by atoms with Gasteiger partial charge in [-0.3, -0.25) is 19.1 Å². The number of methoxy groups -OCH3 is 1. The van der Waals surface area contributed by atoms with Gasteiger partial charge >= 0.3 is 6.09 Å². The molecular formula is C34H45N5O9S. The van der Waals surface area contributed by atoms with Crippen molar-refractivity contribution in [1.29, 1.82) is 0 Å². The number of sulfonamides is 1. The summed E-state index contributed by atoms with van der Waals surface area (Å²) in [6.07, 6.45) is 2.67. The Morgan fingerprint density at radius 2 is 1.86 bits per heavy atom. The Hall–Kier alpha value is -4.40. The number of amides is 4. The number of carbonyl (C=O) groups is 4. The Bertz CT molecular complexity index is 1750. The van der Waals surface area contributed by atoms with E-state index in [0.717, 1.165) is 5.39 Å². The number of fused-ring (bicyclic) bond motifs is 1. The van der Waals surface area contributed by atoms with E-state index in [9.17, 15) is 27.6 Å². The van der Waals surface area contributed by atoms with Crippen LogP contribution in [0.15, 0.2) is 43.1 Å². The first-order valence-electron chi connectivity index (χ1n) is 16.4. The van der Waals surface area contributed by atoms with Gasteiger partial charge in [-0.1, -0.05) is 19.9 Å². The van der Waals surface area contributed by atoms with Crippen LogP contribution < -0.4 is 24.8 Å². The third-order valence-corrected chi connectivity index (χ3v) is 10.7. The number of nitrogens with one attached hydrogen (secondary N) is 3. The minimum Gasteiger partial charge on any atom is -0.497 e. The molecule has 0 bridgehead atoms. The average molecular weight is 700 g/mol. The van der Waals surface area contributed by atoms with Gasteiger partial charge in [0, 0.05) is 23.9 Å². The number of carbonyl (C=O) groups excluding carboxylic acids is 4. The van der Waals surface area contributed by atoms with Crippen LogP contribution in [0.3, 0.4) is 0 Å². The van der Waals surface area contributed by atoms with Crippen LogP contribution in [-0.4, -0.2) is 90.3 Å². The van der Waals surface area contributed by atoms with Crippen LogP contribution in [0, 0.1) is 11.8 Å². The highest BCUT2D eigenvalue weighted by molar-refractivity contribution is 7.91. The Balaban J connectivity index is 1.42. The molecule has 5 rings (SSSR count). The lowest BCUT2D eigenvalue weighted by atomic mass is 10.0. The van der Waals surface area contributed by atoms with Gasteiger partial charge in [0.2, 0.25) is 27.7 Å². The fourth-order valence-corrected chi connectivity index (χ4v) is 7.39. The molecule has 266 valence electrons. The van der Waals surface area contributed by atoms with Gasteiger partial charge < -0.3 is 29.7 Å². The molecule has 3 aliphatic rings. The Labute approximate surface area is 286 Å². The van der Waals surface area contributed by atoms with Gasteiger partial charge in [0.05, 0.1) is 18.9 Å². The molecule has 5 atom stereocenters. The van der Waals surface area contributed by atoms with E-state index in [-0.39, 0.29) is 19.4 Å². The van der Waals surface area contributed by atoms with Gasteiger partial charge in [0.1, 0.15) is 35.1 Å². The summed E-state index contributed by atoms with van der Waals surface area (Å²) in [5.74, 6) is -2.03. The standard InChI is InChI=1S/C34H45N5O9S/c1-8-21-17-34(21,31(42)38-49(44,45)24-10-11-24)37-28(40)26-16-23(47-29-25-12-9-22(46-7)15-20(25)13-14-35-29)18-39(26)30(41)27(19(2)3)36-32(43)48-33(4,5)6/h8-9,12-15,19,21,23-24,26-27H,1,10-11,16-18H2,2-7H3,(H,36,43)(H,37,40)(H,38,42). The van der Waals surface area contributed by atoms with Crippen molar-refractivity contribution in [2.75, 3.05) is 13.7 Å². The lowest BCUT2D eigenvalue weighted by Gasteiger charge is -2.31. The molecule has 2 heterocycles. The van der Waals surface area contributed by atoms with E-state index in [1.165, 1.54) is 11.0 Å². The molecule has 3 fully saturated rings. The molecule has 1 aliphatic heterocycles. The van der Waals surface area contributed by atoms with Crippen LogP contribution in [0.2, 0.25) is 0 Å². The third kappa shape index (κ3) is 7.92. The topological polar surface area (TPSA) is 182 Å². The van der Waals surface area contributed by atoms with Gasteiger partial charge in [-0.25, -0.2) is 18.2 Å². The molecule has 5 unspecified atom stereocenters. The number of likely N-dealkylation sites (tertiary alicyclic amines) is 1. The van der Waals surface area contributed by atoms with E-state index in [1.54, 1.807) is 66.1 Å². The summed E-state index contributed by atoms with van der Waals surface area (Å²) in [5, 5.41) is 6.28. The van der Waals surface area contributed by atoms with Crippen molar-refractivity contribution in [2.24, 2.45) is 11.8 Å². The van der Waals surface area contributed by atoms with E-state index in [1.807, 2.05) is 6.07 Å². The van der Waals surface area contributed by atoms with Gasteiger partial charge in [-0.2, -0.15) is 0 Å². The summed E-state index contributed by atoms with van der Waals surface area (Å²) >= 11 is 0. The Kier molecular flexibility index (Phi) is 9.88. The second-order valence-electron chi connectivity index (χ2n) is 14.2. The van der Waals surface area contributed by atoms with E-state index in [2.05, 4.69) is 26.9 Å². The number of benzene rings is 1. The molecule has 2 saturated carbocycles. The first kappa shape index (κ1) is 35.9. The second-order valence-corrected chi connectivity index (χ2v) is 16.2. The molecular weight excluding hydrogens is 654 g/mol. The maximum Gasteiger partial charge on any atom is 0.408 e. The molecule has 2 aliphatic carbocycles. The van der Waals surface area contributed by atoms with Gasteiger partial charge in [0.15, 0.2) is 0 Å². The van der Waals surface area contributed by atoms with Crippen molar-refractivity contribution >= 4 is 44.6 Å². The Morgan fingerprint density at radius 1 is 1.14 bits per heavy atom. The van der Waals surface area contributed by atoms with E-state index >= 15 is 0 Å². The van der Waals surface area contributed by atoms with Crippen molar-refractivity contribution in [2.45, 2.75) is 94.9 Å². The highest BCUT2D eigenvalue weighted by atomic mass is 32.2. The number of hydrogen-bond acceptors (Lipinski definition) is 10. The molecule has 1 saturated heterocycles. The molecule has 1 aromatic heterocycles. The molecule has 1 aromatic carbocycles. The molecule has 0 radical (unpaired) electrons. The SMILES string of the molecule is C=CC1CC1(NC(=O)C1CC(Oc2nccc3cc(OC)ccc23)CN1C(=O)C(NC(=O)OC(C)(C)C)C(C)C)C(=O)NS(=O)(=O)C1CC1. The minimum atomic E-state index is -3.89. The van der Waals surface area contributed by atoms with Crippen molar-refractivity contribution in [3.8, 4) is 11.6 Å². The number of pyridine rings is 1. The lowest BCUT2D eigenvalue weighted by molar-refractivity contribution is -0.141. The molecule has 15 heteroatoms. The highest BCUT2D eigenvalue weighted by Gasteiger charge is 2.62. The molecule has 2 aromatic rings. The monoisotopic (exact) mass is 699 g/mol. The Morgan fingerprint density at radius 3 is 2.45 bits per heavy atom. The van der Waals surface area contributed by atoms with E-state index in [0.29, 0.717) is 29.9 Å². The normalized spacial score (nSPS) is 24.1. The smallest absolute Gasteiger partial charge is 0.408 e. The molecule has 0 spiro atoms. The first-order chi connectivity index (χ1) is 23.0. The summed E-state index contributed by atoms with van der Waals surface area (Å²) in [4.78, 5) is 60.2. The summed E-state index contributed by atoms with van der Waals surface area (Å²) in [6, 6.07) is 5.02. The van der Waals surface area contributed by atoms with Crippen LogP contribution in [0.1, 0.15) is 60.3 Å². The summed E-state index contributed by atoms with van der Waals surface area (Å²) in [7, 11) is -2.32. The molecule has 14 nitrogen and oxygen atoms in total. The zero-order valence-corrected chi connectivity index (χ0v) is 29.5. The van der Waals surface area contributed by atoms with Gasteiger partial charge in [-0.15, -0.1) is 6.58 Å². The number of aromatic nitrogens is 1. The largest absolute Gasteiger partial charge is 0.497 e. The number of nitrogens with zero attached hydrogens (tertiary/aromatic N) is 2. The lowest BCUT2D eigenvalue weighted by Crippen LogP contribution is -2.59. The second kappa shape index (κ2) is 13.5. The molecule has 3 N–H and O–H groups in total. The van der Waals surface area contributed by atoms with Crippen LogP contribution in [0.25, 0.3) is 10.8 Å². The minimum absolute atomic E-state index is 0.0277. The van der Waals surface area contributed by atoms with Gasteiger partial charge in [0.25, 0.3) is 5.91 Å². The molecule has 4 amide bonds. The van der Waals surface area contributed by atoms with E-state index in [4.69, 9.17) is 14.2 Å². The van der Waals surface area contributed by atoms with Crippen molar-refractivity contribution in [3.63, 3.8) is 0 Å². The quantitative estimate of drug-likeness (QED) is 0.279. The fraction of sp³-hybridized carbons (Fsp3) is 0.559. The average Bonchev–Trinajstić information content (AvgIpc) is 3.95. The van der Waals surface area contributed by atoms with E-state index < -0.39 is 80.3 Å². The van der Waals surface area contributed by atoms with Crippen molar-refractivity contribution < 1.29 is 41.8 Å². The van der Waals surface area contributed by atoms with Crippen LogP contribution in [-0.2, 0) is 29.1 Å². The summed E-state index contributed by atoms with van der Waals surface area (Å²) < 4.78 is 44.4. The number of ether oxygens (including phenoxy) is 3. The van der Waals surface area contributed by atoms with Crippen molar-refractivity contribution in [1.82, 2.24) is 25.2 Å². The van der Waals surface area contributed by atoms with Crippen LogP contribution in [0.4, 0.5) is 4.79 Å².